The van der Waals surface area contributed by atoms with E-state index in [9.17, 15) is 4.79 Å². The molecule has 1 atom stereocenters. The first-order chi connectivity index (χ1) is 14.1. The minimum Gasteiger partial charge on any atom is -0.288 e. The molecule has 6 heteroatoms. The monoisotopic (exact) mass is 423 g/mol. The highest BCUT2D eigenvalue weighted by molar-refractivity contribution is 7.12. The lowest BCUT2D eigenvalue weighted by Gasteiger charge is -2.29. The Bertz CT molecular complexity index is 949. The molecule has 0 spiro atoms. The number of amides is 1. The molecule has 0 saturated carbocycles. The van der Waals surface area contributed by atoms with Crippen molar-refractivity contribution in [2.75, 3.05) is 6.54 Å². The van der Waals surface area contributed by atoms with Gasteiger partial charge in [0.15, 0.2) is 0 Å². The molecule has 3 heterocycles. The van der Waals surface area contributed by atoms with Crippen LogP contribution in [0.5, 0.6) is 0 Å². The molecular formula is C23H25N3OS2. The van der Waals surface area contributed by atoms with Crippen molar-refractivity contribution in [1.82, 2.24) is 9.91 Å². The SMILES string of the molecule is CC(C)N(CC(=O)N1N=C(c2cccs2)CC1c1cccs1)Cc1ccccc1. The highest BCUT2D eigenvalue weighted by Gasteiger charge is 2.34. The lowest BCUT2D eigenvalue weighted by atomic mass is 10.1. The fraction of sp³-hybridized carbons (Fsp3) is 0.304. The number of thiophene rings is 2. The quantitative estimate of drug-likeness (QED) is 0.510. The number of carbonyl (C=O) groups excluding carboxylic acids is 1. The summed E-state index contributed by atoms with van der Waals surface area (Å²) in [5.74, 6) is 0.0552. The average molecular weight is 424 g/mol. The second kappa shape index (κ2) is 9.03. The Kier molecular flexibility index (Phi) is 6.23. The second-order valence-electron chi connectivity index (χ2n) is 7.48. The van der Waals surface area contributed by atoms with Gasteiger partial charge in [-0.25, -0.2) is 5.01 Å². The van der Waals surface area contributed by atoms with Crippen LogP contribution in [0.4, 0.5) is 0 Å². The van der Waals surface area contributed by atoms with Gasteiger partial charge in [0.05, 0.1) is 23.2 Å². The largest absolute Gasteiger partial charge is 0.288 e. The van der Waals surface area contributed by atoms with Crippen molar-refractivity contribution in [3.63, 3.8) is 0 Å². The van der Waals surface area contributed by atoms with Gasteiger partial charge >= 0.3 is 0 Å². The molecule has 4 rings (SSSR count). The predicted octanol–water partition coefficient (Wildman–Crippen LogP) is 5.40. The van der Waals surface area contributed by atoms with Gasteiger partial charge in [-0.1, -0.05) is 42.5 Å². The van der Waals surface area contributed by atoms with Crippen molar-refractivity contribution in [1.29, 1.82) is 0 Å². The van der Waals surface area contributed by atoms with Gasteiger partial charge in [-0.05, 0) is 42.3 Å². The number of benzene rings is 1. The second-order valence-corrected chi connectivity index (χ2v) is 9.41. The van der Waals surface area contributed by atoms with E-state index in [-0.39, 0.29) is 18.0 Å². The van der Waals surface area contributed by atoms with Crippen molar-refractivity contribution in [2.24, 2.45) is 5.10 Å². The van der Waals surface area contributed by atoms with E-state index in [4.69, 9.17) is 5.10 Å². The van der Waals surface area contributed by atoms with E-state index in [1.54, 1.807) is 27.7 Å². The number of rotatable bonds is 7. The van der Waals surface area contributed by atoms with Gasteiger partial charge < -0.3 is 0 Å². The van der Waals surface area contributed by atoms with Gasteiger partial charge in [-0.3, -0.25) is 9.69 Å². The molecule has 0 radical (unpaired) electrons. The normalized spacial score (nSPS) is 16.6. The van der Waals surface area contributed by atoms with E-state index in [1.807, 2.05) is 30.3 Å². The zero-order chi connectivity index (χ0) is 20.2. The molecule has 1 unspecified atom stereocenters. The first kappa shape index (κ1) is 20.0. The van der Waals surface area contributed by atoms with Crippen molar-refractivity contribution >= 4 is 34.3 Å². The lowest BCUT2D eigenvalue weighted by molar-refractivity contribution is -0.134. The maximum Gasteiger partial charge on any atom is 0.257 e. The number of hydrazone groups is 1. The van der Waals surface area contributed by atoms with Crippen LogP contribution in [0.2, 0.25) is 0 Å². The average Bonchev–Trinajstić information content (AvgIpc) is 3.48. The highest BCUT2D eigenvalue weighted by atomic mass is 32.1. The van der Waals surface area contributed by atoms with Crippen molar-refractivity contribution in [3.8, 4) is 0 Å². The van der Waals surface area contributed by atoms with E-state index >= 15 is 0 Å². The number of hydrogen-bond acceptors (Lipinski definition) is 5. The summed E-state index contributed by atoms with van der Waals surface area (Å²) >= 11 is 3.37. The highest BCUT2D eigenvalue weighted by Crippen LogP contribution is 2.36. The fourth-order valence-corrected chi connectivity index (χ4v) is 5.05. The van der Waals surface area contributed by atoms with Gasteiger partial charge in [-0.2, -0.15) is 5.10 Å². The predicted molar refractivity (Wildman–Crippen MR) is 121 cm³/mol. The molecule has 29 heavy (non-hydrogen) atoms. The molecule has 1 aliphatic rings. The molecule has 0 aliphatic carbocycles. The lowest BCUT2D eigenvalue weighted by Crippen LogP contribution is -2.41. The van der Waals surface area contributed by atoms with Crippen LogP contribution in [-0.2, 0) is 11.3 Å². The first-order valence-electron chi connectivity index (χ1n) is 9.86. The molecule has 150 valence electrons. The molecule has 1 aromatic carbocycles. The van der Waals surface area contributed by atoms with Crippen LogP contribution in [-0.4, -0.2) is 34.1 Å². The third-order valence-electron chi connectivity index (χ3n) is 5.14. The van der Waals surface area contributed by atoms with Crippen LogP contribution in [0.1, 0.15) is 41.6 Å². The Hall–Kier alpha value is -2.28. The fourth-order valence-electron chi connectivity index (χ4n) is 3.52. The molecular weight excluding hydrogens is 398 g/mol. The standard InChI is InChI=1S/C23H25N3OS2/c1-17(2)25(15-18-8-4-3-5-9-18)16-23(27)26-20(22-11-7-13-29-22)14-19(24-26)21-10-6-12-28-21/h3-13,17,20H,14-16H2,1-2H3. The minimum absolute atomic E-state index is 0.00895. The first-order valence-corrected chi connectivity index (χ1v) is 11.6. The third kappa shape index (κ3) is 4.66. The van der Waals surface area contributed by atoms with Crippen LogP contribution in [0.15, 0.2) is 70.5 Å². The van der Waals surface area contributed by atoms with Crippen LogP contribution in [0, 0.1) is 0 Å². The summed E-state index contributed by atoms with van der Waals surface area (Å²) in [6, 6.07) is 18.8. The maximum atomic E-state index is 13.4. The molecule has 0 bridgehead atoms. The maximum absolute atomic E-state index is 13.4. The number of nitrogens with zero attached hydrogens (tertiary/aromatic N) is 3. The Morgan fingerprint density at radius 2 is 1.86 bits per heavy atom. The van der Waals surface area contributed by atoms with Crippen molar-refractivity contribution in [2.45, 2.75) is 38.9 Å². The van der Waals surface area contributed by atoms with E-state index in [2.05, 4.69) is 53.8 Å². The van der Waals surface area contributed by atoms with E-state index in [0.29, 0.717) is 6.54 Å². The van der Waals surface area contributed by atoms with Crippen LogP contribution >= 0.6 is 22.7 Å². The van der Waals surface area contributed by atoms with Gasteiger partial charge in [0, 0.05) is 23.9 Å². The summed E-state index contributed by atoms with van der Waals surface area (Å²) in [5, 5.41) is 10.6. The van der Waals surface area contributed by atoms with Gasteiger partial charge in [-0.15, -0.1) is 22.7 Å². The summed E-state index contributed by atoms with van der Waals surface area (Å²) in [4.78, 5) is 17.9. The molecule has 1 amide bonds. The van der Waals surface area contributed by atoms with E-state index in [0.717, 1.165) is 23.6 Å². The van der Waals surface area contributed by atoms with Gasteiger partial charge in [0.2, 0.25) is 0 Å². The topological polar surface area (TPSA) is 35.9 Å². The summed E-state index contributed by atoms with van der Waals surface area (Å²) in [5.41, 5.74) is 2.22. The summed E-state index contributed by atoms with van der Waals surface area (Å²) in [6.07, 6.45) is 0.771. The Morgan fingerprint density at radius 1 is 1.10 bits per heavy atom. The van der Waals surface area contributed by atoms with Crippen molar-refractivity contribution in [3.05, 3.63) is 80.7 Å². The smallest absolute Gasteiger partial charge is 0.257 e. The Labute approximate surface area is 180 Å². The summed E-state index contributed by atoms with van der Waals surface area (Å²) < 4.78 is 0. The van der Waals surface area contributed by atoms with Crippen LogP contribution in [0.3, 0.4) is 0 Å². The summed E-state index contributed by atoms with van der Waals surface area (Å²) in [7, 11) is 0. The van der Waals surface area contributed by atoms with Gasteiger partial charge in [0.25, 0.3) is 5.91 Å². The number of hydrogen-bond donors (Lipinski definition) is 0. The molecule has 0 fully saturated rings. The summed E-state index contributed by atoms with van der Waals surface area (Å²) in [6.45, 7) is 5.38. The molecule has 1 aliphatic heterocycles. The molecule has 3 aromatic rings. The molecule has 2 aromatic heterocycles. The Morgan fingerprint density at radius 3 is 2.52 bits per heavy atom. The number of carbonyl (C=O) groups is 1. The zero-order valence-corrected chi connectivity index (χ0v) is 18.3. The molecule has 4 nitrogen and oxygen atoms in total. The minimum atomic E-state index is -0.00895. The van der Waals surface area contributed by atoms with E-state index in [1.165, 1.54) is 10.4 Å². The molecule has 0 saturated heterocycles. The molecule has 0 N–H and O–H groups in total. The van der Waals surface area contributed by atoms with Gasteiger partial charge in [0.1, 0.15) is 0 Å². The zero-order valence-electron chi connectivity index (χ0n) is 16.7. The van der Waals surface area contributed by atoms with Crippen LogP contribution < -0.4 is 0 Å². The Balaban J connectivity index is 1.55. The van der Waals surface area contributed by atoms with Crippen LogP contribution in [0.25, 0.3) is 0 Å². The third-order valence-corrected chi connectivity index (χ3v) is 7.03. The van der Waals surface area contributed by atoms with Crippen molar-refractivity contribution < 1.29 is 4.79 Å². The van der Waals surface area contributed by atoms with E-state index < -0.39 is 0 Å².